The van der Waals surface area contributed by atoms with E-state index in [9.17, 15) is 13.2 Å². The maximum atomic E-state index is 12.1. The number of rotatable bonds is 4. The van der Waals surface area contributed by atoms with Gasteiger partial charge < -0.3 is 11.1 Å². The van der Waals surface area contributed by atoms with E-state index >= 15 is 0 Å². The van der Waals surface area contributed by atoms with Crippen LogP contribution >= 0.6 is 0 Å². The number of aromatic amines is 1. The smallest absolute Gasteiger partial charge is 0.278 e. The maximum absolute atomic E-state index is 12.1. The summed E-state index contributed by atoms with van der Waals surface area (Å²) in [5, 5.41) is 9.20. The molecule has 1 aromatic carbocycles. The second-order valence-electron chi connectivity index (χ2n) is 4.57. The molecule has 0 aliphatic heterocycles. The third-order valence-corrected chi connectivity index (χ3v) is 4.12. The van der Waals surface area contributed by atoms with Gasteiger partial charge in [0.25, 0.3) is 5.91 Å². The number of sulfone groups is 1. The van der Waals surface area contributed by atoms with Crippen molar-refractivity contribution >= 4 is 27.1 Å². The molecule has 1 aromatic heterocycles. The molecule has 0 fully saturated rings. The van der Waals surface area contributed by atoms with E-state index in [4.69, 9.17) is 5.73 Å². The fourth-order valence-electron chi connectivity index (χ4n) is 1.81. The number of nitrogens with two attached hydrogens (primary N) is 1. The van der Waals surface area contributed by atoms with Crippen molar-refractivity contribution in [2.75, 3.05) is 17.3 Å². The molecule has 0 radical (unpaired) electrons. The number of carbonyl (C=O) groups is 1. The lowest BCUT2D eigenvalue weighted by Crippen LogP contribution is -2.14. The van der Waals surface area contributed by atoms with Gasteiger partial charge >= 0.3 is 0 Å². The van der Waals surface area contributed by atoms with Gasteiger partial charge in [-0.1, -0.05) is 6.92 Å². The van der Waals surface area contributed by atoms with Crippen molar-refractivity contribution in [1.29, 1.82) is 0 Å². The monoisotopic (exact) mass is 308 g/mol. The van der Waals surface area contributed by atoms with E-state index in [0.717, 1.165) is 6.26 Å². The van der Waals surface area contributed by atoms with Crippen molar-refractivity contribution in [3.8, 4) is 0 Å². The molecular formula is C13H16N4O3S. The van der Waals surface area contributed by atoms with Crippen LogP contribution in [0.2, 0.25) is 0 Å². The number of anilines is 2. The van der Waals surface area contributed by atoms with E-state index in [-0.39, 0.29) is 10.6 Å². The first-order valence-corrected chi connectivity index (χ1v) is 8.16. The number of H-pyrrole nitrogens is 1. The topological polar surface area (TPSA) is 118 Å². The Morgan fingerprint density at radius 3 is 2.43 bits per heavy atom. The number of aromatic nitrogens is 2. The number of aryl methyl sites for hydroxylation is 1. The lowest BCUT2D eigenvalue weighted by Gasteiger charge is -2.05. The summed E-state index contributed by atoms with van der Waals surface area (Å²) in [6.07, 6.45) is 1.77. The zero-order chi connectivity index (χ0) is 15.6. The molecule has 21 heavy (non-hydrogen) atoms. The van der Waals surface area contributed by atoms with Crippen LogP contribution in [0.5, 0.6) is 0 Å². The van der Waals surface area contributed by atoms with E-state index in [0.29, 0.717) is 23.5 Å². The molecule has 7 nitrogen and oxygen atoms in total. The van der Waals surface area contributed by atoms with Crippen molar-refractivity contribution in [1.82, 2.24) is 10.2 Å². The Balaban J connectivity index is 2.18. The molecule has 2 rings (SSSR count). The Morgan fingerprint density at radius 1 is 1.33 bits per heavy atom. The summed E-state index contributed by atoms with van der Waals surface area (Å²) < 4.78 is 22.7. The number of carbonyl (C=O) groups excluding carboxylic acids is 1. The van der Waals surface area contributed by atoms with E-state index in [1.54, 1.807) is 0 Å². The van der Waals surface area contributed by atoms with Crippen molar-refractivity contribution < 1.29 is 13.2 Å². The van der Waals surface area contributed by atoms with Crippen molar-refractivity contribution in [3.63, 3.8) is 0 Å². The van der Waals surface area contributed by atoms with Gasteiger partial charge in [-0.05, 0) is 30.7 Å². The average Bonchev–Trinajstić information content (AvgIpc) is 2.79. The summed E-state index contributed by atoms with van der Waals surface area (Å²) in [7, 11) is -3.26. The SMILES string of the molecule is CCc1[nH]nc(C(=O)Nc2ccc(S(C)(=O)=O)cc2)c1N. The fraction of sp³-hybridized carbons (Fsp3) is 0.231. The molecule has 0 bridgehead atoms. The number of hydrogen-bond acceptors (Lipinski definition) is 5. The quantitative estimate of drug-likeness (QED) is 0.784. The lowest BCUT2D eigenvalue weighted by atomic mass is 10.2. The van der Waals surface area contributed by atoms with E-state index in [1.165, 1.54) is 24.3 Å². The largest absolute Gasteiger partial charge is 0.395 e. The summed E-state index contributed by atoms with van der Waals surface area (Å²) in [6.45, 7) is 1.90. The van der Waals surface area contributed by atoms with Gasteiger partial charge in [-0.15, -0.1) is 0 Å². The van der Waals surface area contributed by atoms with Gasteiger partial charge in [0.05, 0.1) is 16.3 Å². The highest BCUT2D eigenvalue weighted by Gasteiger charge is 2.16. The zero-order valence-electron chi connectivity index (χ0n) is 11.7. The number of nitrogens with zero attached hydrogens (tertiary/aromatic N) is 1. The predicted molar refractivity (Wildman–Crippen MR) is 79.9 cm³/mol. The predicted octanol–water partition coefficient (Wildman–Crippen LogP) is 1.21. The lowest BCUT2D eigenvalue weighted by molar-refractivity contribution is 0.102. The normalized spacial score (nSPS) is 11.3. The Morgan fingerprint density at radius 2 is 1.95 bits per heavy atom. The van der Waals surface area contributed by atoms with Crippen LogP contribution in [0.15, 0.2) is 29.2 Å². The van der Waals surface area contributed by atoms with Crippen LogP contribution in [0.4, 0.5) is 11.4 Å². The van der Waals surface area contributed by atoms with Gasteiger partial charge in [-0.2, -0.15) is 5.10 Å². The van der Waals surface area contributed by atoms with Crippen LogP contribution in [0, 0.1) is 0 Å². The summed E-state index contributed by atoms with van der Waals surface area (Å²) in [6, 6.07) is 5.88. The number of hydrogen-bond donors (Lipinski definition) is 3. The molecular weight excluding hydrogens is 292 g/mol. The van der Waals surface area contributed by atoms with Crippen molar-refractivity contribution in [3.05, 3.63) is 35.7 Å². The van der Waals surface area contributed by atoms with Gasteiger partial charge in [0.15, 0.2) is 15.5 Å². The van der Waals surface area contributed by atoms with Crippen molar-refractivity contribution in [2.24, 2.45) is 0 Å². The minimum Gasteiger partial charge on any atom is -0.395 e. The number of amides is 1. The molecule has 112 valence electrons. The minimum atomic E-state index is -3.26. The molecule has 0 saturated carbocycles. The van der Waals surface area contributed by atoms with Crippen LogP contribution in [0.25, 0.3) is 0 Å². The first-order chi connectivity index (χ1) is 9.82. The number of nitrogens with one attached hydrogen (secondary N) is 2. The Bertz CT molecular complexity index is 763. The first-order valence-electron chi connectivity index (χ1n) is 6.27. The second-order valence-corrected chi connectivity index (χ2v) is 6.58. The third-order valence-electron chi connectivity index (χ3n) is 2.99. The zero-order valence-corrected chi connectivity index (χ0v) is 12.5. The van der Waals surface area contributed by atoms with Gasteiger partial charge in [0.2, 0.25) is 0 Å². The third kappa shape index (κ3) is 3.22. The minimum absolute atomic E-state index is 0.124. The summed E-state index contributed by atoms with van der Waals surface area (Å²) in [4.78, 5) is 12.2. The van der Waals surface area contributed by atoms with Gasteiger partial charge in [-0.25, -0.2) is 8.42 Å². The Kier molecular flexibility index (Phi) is 3.99. The van der Waals surface area contributed by atoms with E-state index in [1.807, 2.05) is 6.92 Å². The van der Waals surface area contributed by atoms with Crippen LogP contribution < -0.4 is 11.1 Å². The highest BCUT2D eigenvalue weighted by Crippen LogP contribution is 2.18. The molecule has 0 unspecified atom stereocenters. The second kappa shape index (κ2) is 5.57. The summed E-state index contributed by atoms with van der Waals surface area (Å²) >= 11 is 0. The number of nitrogen functional groups attached to an aromatic ring is 1. The van der Waals surface area contributed by atoms with E-state index < -0.39 is 15.7 Å². The van der Waals surface area contributed by atoms with Crippen LogP contribution in [0.1, 0.15) is 23.1 Å². The molecule has 0 atom stereocenters. The van der Waals surface area contributed by atoms with Crippen LogP contribution in [-0.2, 0) is 16.3 Å². The maximum Gasteiger partial charge on any atom is 0.278 e. The van der Waals surface area contributed by atoms with Gasteiger partial charge in [0.1, 0.15) is 0 Å². The highest BCUT2D eigenvalue weighted by atomic mass is 32.2. The molecule has 1 heterocycles. The van der Waals surface area contributed by atoms with Crippen molar-refractivity contribution in [2.45, 2.75) is 18.2 Å². The molecule has 0 spiro atoms. The average molecular weight is 308 g/mol. The molecule has 0 aliphatic carbocycles. The fourth-order valence-corrected chi connectivity index (χ4v) is 2.44. The Labute approximate surface area is 122 Å². The van der Waals surface area contributed by atoms with Gasteiger partial charge in [-0.3, -0.25) is 9.89 Å². The van der Waals surface area contributed by atoms with Crippen LogP contribution in [-0.4, -0.2) is 30.8 Å². The first kappa shape index (κ1) is 15.0. The highest BCUT2D eigenvalue weighted by molar-refractivity contribution is 7.90. The standard InChI is InChI=1S/C13H16N4O3S/c1-3-10-11(14)12(17-16-10)13(18)15-8-4-6-9(7-5-8)21(2,19)20/h4-7H,3,14H2,1-2H3,(H,15,18)(H,16,17). The van der Waals surface area contributed by atoms with Crippen LogP contribution in [0.3, 0.4) is 0 Å². The molecule has 0 aliphatic rings. The molecule has 0 saturated heterocycles. The summed E-state index contributed by atoms with van der Waals surface area (Å²) in [5.41, 5.74) is 7.43. The Hall–Kier alpha value is -2.35. The van der Waals surface area contributed by atoms with E-state index in [2.05, 4.69) is 15.5 Å². The number of benzene rings is 1. The molecule has 4 N–H and O–H groups in total. The molecule has 8 heteroatoms. The summed E-state index contributed by atoms with van der Waals surface area (Å²) in [5.74, 6) is -0.449. The molecule has 2 aromatic rings. The molecule has 1 amide bonds. The van der Waals surface area contributed by atoms with Gasteiger partial charge in [0, 0.05) is 11.9 Å².